The van der Waals surface area contributed by atoms with Crippen LogP contribution in [0.1, 0.15) is 30.9 Å². The van der Waals surface area contributed by atoms with Crippen LogP contribution in [0.3, 0.4) is 0 Å². The Balaban J connectivity index is 1.42. The lowest BCUT2D eigenvalue weighted by molar-refractivity contribution is -0.125. The van der Waals surface area contributed by atoms with Crippen molar-refractivity contribution in [3.05, 3.63) is 29.8 Å². The number of rotatable bonds is 2. The normalized spacial score (nSPS) is 31.0. The number of hydrogen-bond donors (Lipinski definition) is 2. The Kier molecular flexibility index (Phi) is 3.76. The van der Waals surface area contributed by atoms with Gasteiger partial charge in [-0.25, -0.2) is 0 Å². The molecule has 4 rings (SSSR count). The molecule has 0 saturated carbocycles. The molecule has 118 valence electrons. The first kappa shape index (κ1) is 14.0. The molecule has 2 fully saturated rings. The number of carbonyl (C=O) groups is 1. The molecule has 0 spiro atoms. The average molecular weight is 301 g/mol. The maximum absolute atomic E-state index is 12.6. The Bertz CT molecular complexity index is 563. The summed E-state index contributed by atoms with van der Waals surface area (Å²) < 4.78 is 5.66. The summed E-state index contributed by atoms with van der Waals surface area (Å²) in [6.45, 7) is 3.56. The maximum Gasteiger partial charge on any atom is 0.238 e. The van der Waals surface area contributed by atoms with Crippen molar-refractivity contribution >= 4 is 5.91 Å². The van der Waals surface area contributed by atoms with Crippen molar-refractivity contribution in [3.8, 4) is 5.75 Å². The van der Waals surface area contributed by atoms with Gasteiger partial charge in [-0.05, 0) is 25.5 Å². The number of nitrogens with zero attached hydrogens (tertiary/aromatic N) is 1. The topological polar surface area (TPSA) is 53.6 Å². The van der Waals surface area contributed by atoms with Gasteiger partial charge >= 0.3 is 0 Å². The molecule has 3 aliphatic heterocycles. The van der Waals surface area contributed by atoms with Gasteiger partial charge < -0.3 is 15.4 Å². The van der Waals surface area contributed by atoms with Crippen LogP contribution in [-0.2, 0) is 4.79 Å². The molecule has 5 nitrogen and oxygen atoms in total. The third kappa shape index (κ3) is 2.59. The zero-order chi connectivity index (χ0) is 14.9. The van der Waals surface area contributed by atoms with Crippen LogP contribution in [0, 0.1) is 0 Å². The predicted molar refractivity (Wildman–Crippen MR) is 83.8 cm³/mol. The maximum atomic E-state index is 12.6. The number of benzene rings is 1. The fraction of sp³-hybridized carbons (Fsp3) is 0.588. The van der Waals surface area contributed by atoms with Crippen LogP contribution < -0.4 is 15.4 Å². The van der Waals surface area contributed by atoms with Crippen LogP contribution in [0.25, 0.3) is 0 Å². The summed E-state index contributed by atoms with van der Waals surface area (Å²) in [5.41, 5.74) is 1.09. The summed E-state index contributed by atoms with van der Waals surface area (Å²) >= 11 is 0. The molecule has 1 amide bonds. The second kappa shape index (κ2) is 5.89. The summed E-state index contributed by atoms with van der Waals surface area (Å²) in [4.78, 5) is 15.1. The van der Waals surface area contributed by atoms with Gasteiger partial charge in [0.25, 0.3) is 0 Å². The van der Waals surface area contributed by atoms with Crippen LogP contribution in [0.5, 0.6) is 5.75 Å². The minimum absolute atomic E-state index is 0.0653. The van der Waals surface area contributed by atoms with E-state index in [9.17, 15) is 4.79 Å². The standard InChI is InChI=1S/C17H23N3O2/c21-17(15-11-20-8-3-4-12(20)10-18-15)19-14-7-9-22-16-6-2-1-5-13(14)16/h1-2,5-6,12,14-15,18H,3-4,7-11H2,(H,19,21). The Morgan fingerprint density at radius 1 is 1.32 bits per heavy atom. The van der Waals surface area contributed by atoms with Crippen molar-refractivity contribution in [1.82, 2.24) is 15.5 Å². The Labute approximate surface area is 131 Å². The largest absolute Gasteiger partial charge is 0.493 e. The van der Waals surface area contributed by atoms with Gasteiger partial charge in [-0.15, -0.1) is 0 Å². The molecule has 1 aromatic rings. The van der Waals surface area contributed by atoms with Crippen LogP contribution >= 0.6 is 0 Å². The molecular weight excluding hydrogens is 278 g/mol. The van der Waals surface area contributed by atoms with E-state index in [-0.39, 0.29) is 18.0 Å². The molecule has 5 heteroatoms. The van der Waals surface area contributed by atoms with Crippen LogP contribution in [0.4, 0.5) is 0 Å². The number of hydrogen-bond acceptors (Lipinski definition) is 4. The molecule has 3 unspecified atom stereocenters. The summed E-state index contributed by atoms with van der Waals surface area (Å²) in [5.74, 6) is 1.02. The lowest BCUT2D eigenvalue weighted by Crippen LogP contribution is -2.59. The summed E-state index contributed by atoms with van der Waals surface area (Å²) in [5, 5.41) is 6.64. The lowest BCUT2D eigenvalue weighted by atomic mass is 10.00. The second-order valence-corrected chi connectivity index (χ2v) is 6.49. The number of fused-ring (bicyclic) bond motifs is 2. The third-order valence-corrected chi connectivity index (χ3v) is 5.11. The van der Waals surface area contributed by atoms with Crippen molar-refractivity contribution in [2.24, 2.45) is 0 Å². The number of nitrogens with one attached hydrogen (secondary N) is 2. The first-order chi connectivity index (χ1) is 10.8. The van der Waals surface area contributed by atoms with E-state index in [4.69, 9.17) is 4.74 Å². The van der Waals surface area contributed by atoms with E-state index in [1.54, 1.807) is 0 Å². The summed E-state index contributed by atoms with van der Waals surface area (Å²) in [7, 11) is 0. The van der Waals surface area contributed by atoms with E-state index in [1.165, 1.54) is 12.8 Å². The minimum atomic E-state index is -0.0932. The first-order valence-corrected chi connectivity index (χ1v) is 8.31. The number of piperazine rings is 1. The Morgan fingerprint density at radius 3 is 3.18 bits per heavy atom. The highest BCUT2D eigenvalue weighted by Crippen LogP contribution is 2.31. The number of amides is 1. The Morgan fingerprint density at radius 2 is 2.23 bits per heavy atom. The molecule has 3 aliphatic rings. The molecule has 1 aromatic carbocycles. The van der Waals surface area contributed by atoms with Crippen molar-refractivity contribution in [2.75, 3.05) is 26.2 Å². The van der Waals surface area contributed by atoms with Gasteiger partial charge in [-0.2, -0.15) is 0 Å². The number of ether oxygens (including phenoxy) is 1. The highest BCUT2D eigenvalue weighted by molar-refractivity contribution is 5.82. The molecule has 3 heterocycles. The fourth-order valence-corrected chi connectivity index (χ4v) is 3.88. The SMILES string of the molecule is O=C(NC1CCOc2ccccc21)C1CN2CCCC2CN1. The van der Waals surface area contributed by atoms with Gasteiger partial charge in [0.2, 0.25) is 5.91 Å². The second-order valence-electron chi connectivity index (χ2n) is 6.49. The summed E-state index contributed by atoms with van der Waals surface area (Å²) in [6, 6.07) is 8.60. The van der Waals surface area contributed by atoms with E-state index in [2.05, 4.69) is 15.5 Å². The van der Waals surface area contributed by atoms with Crippen LogP contribution in [-0.4, -0.2) is 49.1 Å². The van der Waals surface area contributed by atoms with Crippen molar-refractivity contribution < 1.29 is 9.53 Å². The zero-order valence-corrected chi connectivity index (χ0v) is 12.8. The monoisotopic (exact) mass is 301 g/mol. The van der Waals surface area contributed by atoms with Gasteiger partial charge in [0, 0.05) is 31.1 Å². The van der Waals surface area contributed by atoms with Gasteiger partial charge in [-0.3, -0.25) is 9.69 Å². The van der Waals surface area contributed by atoms with Gasteiger partial charge in [0.05, 0.1) is 18.7 Å². The molecule has 3 atom stereocenters. The highest BCUT2D eigenvalue weighted by atomic mass is 16.5. The van der Waals surface area contributed by atoms with Crippen LogP contribution in [0.2, 0.25) is 0 Å². The molecule has 0 aliphatic carbocycles. The van der Waals surface area contributed by atoms with Gasteiger partial charge in [0.15, 0.2) is 0 Å². The fourth-order valence-electron chi connectivity index (χ4n) is 3.88. The van der Waals surface area contributed by atoms with E-state index < -0.39 is 0 Å². The zero-order valence-electron chi connectivity index (χ0n) is 12.8. The lowest BCUT2D eigenvalue weighted by Gasteiger charge is -2.36. The molecule has 2 saturated heterocycles. The molecule has 0 aromatic heterocycles. The van der Waals surface area contributed by atoms with Crippen molar-refractivity contribution in [3.63, 3.8) is 0 Å². The first-order valence-electron chi connectivity index (χ1n) is 8.31. The highest BCUT2D eigenvalue weighted by Gasteiger charge is 2.35. The Hall–Kier alpha value is -1.59. The van der Waals surface area contributed by atoms with Gasteiger partial charge in [0.1, 0.15) is 5.75 Å². The number of carbonyl (C=O) groups excluding carboxylic acids is 1. The quantitative estimate of drug-likeness (QED) is 0.858. The van der Waals surface area contributed by atoms with Crippen molar-refractivity contribution in [1.29, 1.82) is 0 Å². The molecule has 0 bridgehead atoms. The van der Waals surface area contributed by atoms with Gasteiger partial charge in [-0.1, -0.05) is 18.2 Å². The molecule has 22 heavy (non-hydrogen) atoms. The molecule has 0 radical (unpaired) electrons. The third-order valence-electron chi connectivity index (χ3n) is 5.11. The summed E-state index contributed by atoms with van der Waals surface area (Å²) in [6.07, 6.45) is 3.35. The smallest absolute Gasteiger partial charge is 0.238 e. The molecule has 2 N–H and O–H groups in total. The molecular formula is C17H23N3O2. The predicted octanol–water partition coefficient (Wildman–Crippen LogP) is 1.06. The minimum Gasteiger partial charge on any atom is -0.493 e. The van der Waals surface area contributed by atoms with E-state index in [1.807, 2.05) is 24.3 Å². The van der Waals surface area contributed by atoms with E-state index in [0.717, 1.165) is 37.4 Å². The van der Waals surface area contributed by atoms with Crippen LogP contribution in [0.15, 0.2) is 24.3 Å². The average Bonchev–Trinajstić information content (AvgIpc) is 3.02. The van der Waals surface area contributed by atoms with E-state index >= 15 is 0 Å². The number of para-hydroxylation sites is 1. The van der Waals surface area contributed by atoms with E-state index in [0.29, 0.717) is 12.6 Å². The van der Waals surface area contributed by atoms with Crippen molar-refractivity contribution in [2.45, 2.75) is 37.4 Å².